The van der Waals surface area contributed by atoms with E-state index in [9.17, 15) is 9.59 Å². The summed E-state index contributed by atoms with van der Waals surface area (Å²) >= 11 is 4.47. The van der Waals surface area contributed by atoms with Crippen LogP contribution in [0.25, 0.3) is 0 Å². The van der Waals surface area contributed by atoms with Crippen LogP contribution in [0.5, 0.6) is 0 Å². The van der Waals surface area contributed by atoms with Crippen molar-refractivity contribution in [2.75, 3.05) is 19.6 Å². The van der Waals surface area contributed by atoms with Gasteiger partial charge in [-0.15, -0.1) is 0 Å². The molecule has 1 aliphatic rings. The van der Waals surface area contributed by atoms with Gasteiger partial charge in [-0.1, -0.05) is 30.3 Å². The van der Waals surface area contributed by atoms with Crippen LogP contribution in [0.3, 0.4) is 0 Å². The van der Waals surface area contributed by atoms with Crippen molar-refractivity contribution in [1.29, 1.82) is 0 Å². The zero-order valence-corrected chi connectivity index (χ0v) is 22.0. The van der Waals surface area contributed by atoms with Crippen LogP contribution in [0.2, 0.25) is 0 Å². The van der Waals surface area contributed by atoms with Crippen LogP contribution in [-0.2, 0) is 22.6 Å². The van der Waals surface area contributed by atoms with E-state index in [1.54, 1.807) is 4.90 Å². The normalized spacial score (nSPS) is 14.2. The summed E-state index contributed by atoms with van der Waals surface area (Å²) in [6, 6.07) is 9.63. The number of alkyl carbamates (subject to hydrolysis) is 1. The maximum absolute atomic E-state index is 12.3. The van der Waals surface area contributed by atoms with Crippen molar-refractivity contribution in [3.8, 4) is 0 Å². The monoisotopic (exact) mass is 652 g/mol. The molecule has 0 saturated carbocycles. The Labute approximate surface area is 209 Å². The molecule has 10 heteroatoms. The van der Waals surface area contributed by atoms with Crippen LogP contribution in [-0.4, -0.2) is 51.9 Å². The van der Waals surface area contributed by atoms with Crippen LogP contribution in [0.1, 0.15) is 38.1 Å². The Hall–Kier alpha value is -1.57. The fraction of sp³-hybridized carbons (Fsp3) is 0.476. The molecular formula is C21H26I2N4O4. The highest BCUT2D eigenvalue weighted by atomic mass is 127. The van der Waals surface area contributed by atoms with Crippen LogP contribution < -0.4 is 5.32 Å². The van der Waals surface area contributed by atoms with E-state index >= 15 is 0 Å². The average Bonchev–Trinajstić information content (AvgIpc) is 2.93. The van der Waals surface area contributed by atoms with Crippen molar-refractivity contribution < 1.29 is 19.1 Å². The number of carbonyl (C=O) groups is 2. The molecular weight excluding hydrogens is 626 g/mol. The summed E-state index contributed by atoms with van der Waals surface area (Å²) in [7, 11) is 0. The first kappa shape index (κ1) is 24.1. The quantitative estimate of drug-likeness (QED) is 0.470. The van der Waals surface area contributed by atoms with Crippen molar-refractivity contribution in [2.45, 2.75) is 45.4 Å². The van der Waals surface area contributed by atoms with E-state index in [4.69, 9.17) is 14.5 Å². The molecule has 1 N–H and O–H groups in total. The molecule has 0 unspecified atom stereocenters. The Morgan fingerprint density at radius 2 is 1.87 bits per heavy atom. The number of carbonyl (C=O) groups excluding carboxylic acids is 2. The van der Waals surface area contributed by atoms with Gasteiger partial charge in [0.25, 0.3) is 0 Å². The minimum atomic E-state index is -0.529. The SMILES string of the molecule is CC(C)(C)OC(=O)NCCn1c(C2CN(C(=O)OCc3ccccc3)C2)nc(I)c1I. The minimum absolute atomic E-state index is 0.142. The van der Waals surface area contributed by atoms with Crippen molar-refractivity contribution in [3.63, 3.8) is 0 Å². The molecule has 0 aliphatic carbocycles. The van der Waals surface area contributed by atoms with Gasteiger partial charge in [0.2, 0.25) is 0 Å². The van der Waals surface area contributed by atoms with Crippen LogP contribution in [0.4, 0.5) is 9.59 Å². The van der Waals surface area contributed by atoms with Crippen molar-refractivity contribution in [1.82, 2.24) is 19.8 Å². The third kappa shape index (κ3) is 6.70. The Morgan fingerprint density at radius 3 is 2.52 bits per heavy atom. The number of benzene rings is 1. The molecule has 0 atom stereocenters. The largest absolute Gasteiger partial charge is 0.445 e. The summed E-state index contributed by atoms with van der Waals surface area (Å²) in [5.74, 6) is 1.06. The topological polar surface area (TPSA) is 85.7 Å². The maximum atomic E-state index is 12.3. The molecule has 31 heavy (non-hydrogen) atoms. The van der Waals surface area contributed by atoms with Gasteiger partial charge >= 0.3 is 12.2 Å². The molecule has 1 saturated heterocycles. The summed E-state index contributed by atoms with van der Waals surface area (Å²) in [4.78, 5) is 30.6. The van der Waals surface area contributed by atoms with Crippen LogP contribution in [0.15, 0.2) is 30.3 Å². The fourth-order valence-corrected chi connectivity index (χ4v) is 4.28. The van der Waals surface area contributed by atoms with Crippen molar-refractivity contribution >= 4 is 57.4 Å². The van der Waals surface area contributed by atoms with E-state index < -0.39 is 11.7 Å². The highest BCUT2D eigenvalue weighted by Gasteiger charge is 2.36. The van der Waals surface area contributed by atoms with E-state index in [0.29, 0.717) is 26.2 Å². The highest BCUT2D eigenvalue weighted by molar-refractivity contribution is 14.1. The second-order valence-corrected chi connectivity index (χ2v) is 10.3. The first-order valence-electron chi connectivity index (χ1n) is 9.98. The Balaban J connectivity index is 1.51. The molecule has 1 aromatic heterocycles. The Kier molecular flexibility index (Phi) is 8.05. The molecule has 0 radical (unpaired) electrons. The fourth-order valence-electron chi connectivity index (χ4n) is 3.13. The summed E-state index contributed by atoms with van der Waals surface area (Å²) in [6.45, 7) is 7.91. The predicted octanol–water partition coefficient (Wildman–Crippen LogP) is 4.35. The second-order valence-electron chi connectivity index (χ2n) is 8.27. The molecule has 1 aliphatic heterocycles. The van der Waals surface area contributed by atoms with Gasteiger partial charge in [-0.05, 0) is 71.5 Å². The number of nitrogens with one attached hydrogen (secondary N) is 1. The Morgan fingerprint density at radius 1 is 1.19 bits per heavy atom. The molecule has 3 rings (SSSR count). The number of hydrogen-bond acceptors (Lipinski definition) is 5. The molecule has 1 aromatic carbocycles. The first-order valence-corrected chi connectivity index (χ1v) is 12.1. The number of hydrogen-bond donors (Lipinski definition) is 1. The van der Waals surface area contributed by atoms with Gasteiger partial charge in [0, 0.05) is 26.2 Å². The van der Waals surface area contributed by atoms with Gasteiger partial charge in [-0.25, -0.2) is 14.6 Å². The van der Waals surface area contributed by atoms with Crippen molar-refractivity contribution in [3.05, 3.63) is 49.1 Å². The van der Waals surface area contributed by atoms with E-state index in [1.165, 1.54) is 0 Å². The Bertz CT molecular complexity index is 921. The lowest BCUT2D eigenvalue weighted by Gasteiger charge is -2.38. The van der Waals surface area contributed by atoms with Crippen molar-refractivity contribution in [2.24, 2.45) is 0 Å². The van der Waals surface area contributed by atoms with Gasteiger partial charge < -0.3 is 24.3 Å². The summed E-state index contributed by atoms with van der Waals surface area (Å²) in [5.41, 5.74) is 0.434. The molecule has 0 spiro atoms. The summed E-state index contributed by atoms with van der Waals surface area (Å²) in [5, 5.41) is 2.79. The number of ether oxygens (including phenoxy) is 2. The number of amides is 2. The summed E-state index contributed by atoms with van der Waals surface area (Å²) < 4.78 is 14.7. The van der Waals surface area contributed by atoms with Gasteiger partial charge in [-0.3, -0.25) is 0 Å². The zero-order valence-electron chi connectivity index (χ0n) is 17.7. The van der Waals surface area contributed by atoms with E-state index in [-0.39, 0.29) is 18.6 Å². The number of likely N-dealkylation sites (tertiary alicyclic amines) is 1. The standard InChI is InChI=1S/C21H26I2N4O4/c1-21(2,3)31-19(28)24-9-10-27-17(23)16(22)25-18(27)15-11-26(12-15)20(29)30-13-14-7-5-4-6-8-14/h4-8,15H,9-13H2,1-3H3,(H,24,28). The van der Waals surface area contributed by atoms with Gasteiger partial charge in [-0.2, -0.15) is 0 Å². The molecule has 168 valence electrons. The smallest absolute Gasteiger partial charge is 0.410 e. The predicted molar refractivity (Wildman–Crippen MR) is 133 cm³/mol. The number of aromatic nitrogens is 2. The van der Waals surface area contributed by atoms with Gasteiger partial charge in [0.1, 0.15) is 25.4 Å². The lowest BCUT2D eigenvalue weighted by molar-refractivity contribution is 0.0523. The van der Waals surface area contributed by atoms with Crippen LogP contribution >= 0.6 is 45.2 Å². The van der Waals surface area contributed by atoms with Crippen LogP contribution in [0, 0.1) is 7.40 Å². The molecule has 2 aromatic rings. The van der Waals surface area contributed by atoms with E-state index in [1.807, 2.05) is 51.1 Å². The van der Waals surface area contributed by atoms with E-state index in [2.05, 4.69) is 55.1 Å². The molecule has 2 amide bonds. The third-order valence-electron chi connectivity index (χ3n) is 4.61. The second kappa shape index (κ2) is 10.4. The number of rotatable bonds is 6. The molecule has 8 nitrogen and oxygen atoms in total. The maximum Gasteiger partial charge on any atom is 0.410 e. The van der Waals surface area contributed by atoms with E-state index in [0.717, 1.165) is 18.8 Å². The minimum Gasteiger partial charge on any atom is -0.445 e. The number of halogens is 2. The van der Waals surface area contributed by atoms with Gasteiger partial charge in [0.15, 0.2) is 0 Å². The number of imidazole rings is 1. The number of nitrogens with zero attached hydrogens (tertiary/aromatic N) is 3. The van der Waals surface area contributed by atoms with Gasteiger partial charge in [0.05, 0.1) is 5.92 Å². The third-order valence-corrected chi connectivity index (χ3v) is 7.49. The lowest BCUT2D eigenvalue weighted by atomic mass is 10.00. The zero-order chi connectivity index (χ0) is 22.6. The summed E-state index contributed by atoms with van der Waals surface area (Å²) in [6.07, 6.45) is -0.746. The first-order chi connectivity index (χ1) is 14.6. The molecule has 0 bridgehead atoms. The average molecular weight is 652 g/mol. The molecule has 2 heterocycles. The molecule has 1 fully saturated rings. The lowest BCUT2D eigenvalue weighted by Crippen LogP contribution is -2.49. The highest BCUT2D eigenvalue weighted by Crippen LogP contribution is 2.30.